The zero-order valence-electron chi connectivity index (χ0n) is 28.2. The van der Waals surface area contributed by atoms with Gasteiger partial charge in [0.25, 0.3) is 5.91 Å². The third-order valence-corrected chi connectivity index (χ3v) is 8.84. The fourth-order valence-corrected chi connectivity index (χ4v) is 5.80. The molecule has 0 aromatic heterocycles. The van der Waals surface area contributed by atoms with Crippen LogP contribution in [0.25, 0.3) is 0 Å². The SMILES string of the molecule is CCN=C(/C=C\N)C(N)=O.CCOCC(=O)NC(C(=O)N1CCN(C)CC1)C(C)c1ccc(NC(=O)CC(C2CC2)C2CC2)c(F)c1. The first-order chi connectivity index (χ1) is 22.5. The summed E-state index contributed by atoms with van der Waals surface area (Å²) in [5, 5.41) is 5.57. The molecule has 0 radical (unpaired) electrons. The van der Waals surface area contributed by atoms with Crippen molar-refractivity contribution in [1.82, 2.24) is 15.1 Å². The van der Waals surface area contributed by atoms with Crippen LogP contribution in [0.5, 0.6) is 0 Å². The summed E-state index contributed by atoms with van der Waals surface area (Å²) >= 11 is 0. The van der Waals surface area contributed by atoms with Gasteiger partial charge in [0.05, 0.1) is 5.69 Å². The largest absolute Gasteiger partial charge is 0.405 e. The fourth-order valence-electron chi connectivity index (χ4n) is 5.80. The monoisotopic (exact) mass is 657 g/mol. The van der Waals surface area contributed by atoms with Crippen LogP contribution < -0.4 is 22.1 Å². The number of ether oxygens (including phenoxy) is 1. The topological polar surface area (TPSA) is 172 Å². The Labute approximate surface area is 277 Å². The van der Waals surface area contributed by atoms with Crippen molar-refractivity contribution in [3.8, 4) is 0 Å². The van der Waals surface area contributed by atoms with Gasteiger partial charge >= 0.3 is 0 Å². The number of anilines is 1. The molecule has 13 heteroatoms. The number of benzene rings is 1. The van der Waals surface area contributed by atoms with Crippen LogP contribution in [0.1, 0.15) is 64.4 Å². The minimum Gasteiger partial charge on any atom is -0.405 e. The van der Waals surface area contributed by atoms with Gasteiger partial charge in [0.1, 0.15) is 24.2 Å². The maximum Gasteiger partial charge on any atom is 0.266 e. The van der Waals surface area contributed by atoms with E-state index in [-0.39, 0.29) is 35.7 Å². The number of nitrogens with one attached hydrogen (secondary N) is 2. The lowest BCUT2D eigenvalue weighted by Crippen LogP contribution is -2.56. The molecule has 2 saturated carbocycles. The summed E-state index contributed by atoms with van der Waals surface area (Å²) in [6.07, 6.45) is 7.86. The molecule has 2 aliphatic carbocycles. The van der Waals surface area contributed by atoms with Crippen molar-refractivity contribution in [1.29, 1.82) is 0 Å². The van der Waals surface area contributed by atoms with Crippen molar-refractivity contribution < 1.29 is 28.3 Å². The molecule has 1 heterocycles. The Morgan fingerprint density at radius 2 is 1.70 bits per heavy atom. The molecule has 6 N–H and O–H groups in total. The lowest BCUT2D eigenvalue weighted by molar-refractivity contribution is -0.139. The molecule has 0 spiro atoms. The van der Waals surface area contributed by atoms with E-state index in [0.29, 0.717) is 56.0 Å². The minimum absolute atomic E-state index is 0.141. The first kappa shape index (κ1) is 37.6. The molecule has 0 bridgehead atoms. The molecule has 2 unspecified atom stereocenters. The van der Waals surface area contributed by atoms with Crippen molar-refractivity contribution in [2.24, 2.45) is 34.2 Å². The van der Waals surface area contributed by atoms with Crippen molar-refractivity contribution in [3.63, 3.8) is 0 Å². The second kappa shape index (κ2) is 18.5. The Morgan fingerprint density at radius 1 is 1.06 bits per heavy atom. The highest BCUT2D eigenvalue weighted by atomic mass is 19.1. The fraction of sp³-hybridized carbons (Fsp3) is 0.618. The molecule has 1 aliphatic heterocycles. The molecule has 4 rings (SSSR count). The summed E-state index contributed by atoms with van der Waals surface area (Å²) in [6.45, 7) is 8.85. The standard InChI is InChI=1S/C28H41FN4O4.C6H11N3O/c1-4-37-17-26(35)31-27(28(36)33-13-11-32(3)12-14-33)18(2)21-9-10-24(23(29)15-21)30-25(34)16-22(19-5-6-19)20-7-8-20;1-2-9-5(3-4-7)6(8)10/h9-10,15,18-20,22,27H,4-8,11-14,16-17H2,1-3H3,(H,30,34)(H,31,35);3-4H,2,7H2,1H3,(H2,8,10)/b;4-3-,9-5?. The van der Waals surface area contributed by atoms with Crippen LogP contribution in [0.4, 0.5) is 10.1 Å². The highest BCUT2D eigenvalue weighted by molar-refractivity contribution is 6.42. The van der Waals surface area contributed by atoms with Crippen molar-refractivity contribution in [2.75, 3.05) is 58.3 Å². The average Bonchev–Trinajstić information content (AvgIpc) is 3.97. The number of primary amides is 1. The number of hydrogen-bond acceptors (Lipinski definition) is 8. The number of aliphatic imine (C=N–C) groups is 1. The molecular formula is C34H52FN7O5. The Kier molecular flexibility index (Phi) is 14.8. The van der Waals surface area contributed by atoms with Crippen molar-refractivity contribution in [3.05, 3.63) is 41.9 Å². The van der Waals surface area contributed by atoms with E-state index in [1.807, 2.05) is 20.9 Å². The van der Waals surface area contributed by atoms with Gasteiger partial charge in [0.2, 0.25) is 17.7 Å². The average molecular weight is 658 g/mol. The summed E-state index contributed by atoms with van der Waals surface area (Å²) in [6, 6.07) is 3.79. The van der Waals surface area contributed by atoms with Crippen LogP contribution >= 0.6 is 0 Å². The van der Waals surface area contributed by atoms with E-state index in [9.17, 15) is 19.2 Å². The van der Waals surface area contributed by atoms with Gasteiger partial charge in [-0.2, -0.15) is 0 Å². The lowest BCUT2D eigenvalue weighted by atomic mass is 9.91. The highest BCUT2D eigenvalue weighted by Gasteiger charge is 2.42. The number of nitrogens with two attached hydrogens (primary N) is 2. The molecule has 1 aromatic carbocycles. The van der Waals surface area contributed by atoms with Gasteiger partial charge in [-0.1, -0.05) is 13.0 Å². The normalized spacial score (nSPS) is 18.3. The van der Waals surface area contributed by atoms with E-state index < -0.39 is 23.7 Å². The van der Waals surface area contributed by atoms with Crippen LogP contribution in [0.3, 0.4) is 0 Å². The smallest absolute Gasteiger partial charge is 0.266 e. The predicted octanol–water partition coefficient (Wildman–Crippen LogP) is 2.39. The molecule has 4 amide bonds. The van der Waals surface area contributed by atoms with E-state index in [1.165, 1.54) is 44.0 Å². The summed E-state index contributed by atoms with van der Waals surface area (Å²) < 4.78 is 20.3. The van der Waals surface area contributed by atoms with Gasteiger partial charge in [-0.25, -0.2) is 4.39 Å². The molecule has 1 saturated heterocycles. The summed E-state index contributed by atoms with van der Waals surface area (Å²) in [5.74, 6) is -0.564. The lowest BCUT2D eigenvalue weighted by Gasteiger charge is -2.36. The predicted molar refractivity (Wildman–Crippen MR) is 180 cm³/mol. The molecule has 3 aliphatic rings. The van der Waals surface area contributed by atoms with E-state index in [4.69, 9.17) is 16.2 Å². The van der Waals surface area contributed by atoms with Gasteiger partial charge in [-0.05, 0) is 94.3 Å². The number of carbonyl (C=O) groups is 4. The molecule has 12 nitrogen and oxygen atoms in total. The number of halogens is 1. The second-order valence-electron chi connectivity index (χ2n) is 12.5. The molecular weight excluding hydrogens is 605 g/mol. The molecule has 3 fully saturated rings. The number of rotatable bonds is 15. The Balaban J connectivity index is 0.000000520. The van der Waals surface area contributed by atoms with Gasteiger partial charge < -0.3 is 36.6 Å². The minimum atomic E-state index is -0.853. The van der Waals surface area contributed by atoms with Crippen LogP contribution in [0.2, 0.25) is 0 Å². The number of piperazine rings is 1. The van der Waals surface area contributed by atoms with Crippen LogP contribution in [-0.2, 0) is 23.9 Å². The molecule has 47 heavy (non-hydrogen) atoms. The molecule has 2 atom stereocenters. The molecule has 260 valence electrons. The zero-order valence-corrected chi connectivity index (χ0v) is 28.2. The van der Waals surface area contributed by atoms with Crippen LogP contribution in [-0.4, -0.2) is 98.2 Å². The van der Waals surface area contributed by atoms with E-state index in [1.54, 1.807) is 24.0 Å². The maximum absolute atomic E-state index is 15.1. The highest BCUT2D eigenvalue weighted by Crippen LogP contribution is 2.50. The summed E-state index contributed by atoms with van der Waals surface area (Å²) in [5.41, 5.74) is 10.9. The van der Waals surface area contributed by atoms with Gasteiger partial charge in [0, 0.05) is 51.7 Å². The quantitative estimate of drug-likeness (QED) is 0.210. The van der Waals surface area contributed by atoms with E-state index in [2.05, 4.69) is 20.5 Å². The van der Waals surface area contributed by atoms with E-state index >= 15 is 4.39 Å². The Hall–Kier alpha value is -3.84. The van der Waals surface area contributed by atoms with Crippen LogP contribution in [0, 0.1) is 23.6 Å². The molecule has 1 aromatic rings. The number of carbonyl (C=O) groups excluding carboxylic acids is 4. The van der Waals surface area contributed by atoms with Gasteiger partial charge in [-0.15, -0.1) is 0 Å². The van der Waals surface area contributed by atoms with Gasteiger partial charge in [0.15, 0.2) is 0 Å². The second-order valence-corrected chi connectivity index (χ2v) is 12.5. The summed E-state index contributed by atoms with van der Waals surface area (Å²) in [7, 11) is 2.01. The van der Waals surface area contributed by atoms with Crippen molar-refractivity contribution >= 4 is 35.0 Å². The number of likely N-dealkylation sites (N-methyl/N-ethyl adjacent to an activating group) is 1. The summed E-state index contributed by atoms with van der Waals surface area (Å²) in [4.78, 5) is 56.8. The van der Waals surface area contributed by atoms with Gasteiger partial charge in [-0.3, -0.25) is 24.2 Å². The number of amides is 4. The van der Waals surface area contributed by atoms with E-state index in [0.717, 1.165) is 13.1 Å². The third-order valence-electron chi connectivity index (χ3n) is 8.84. The van der Waals surface area contributed by atoms with Crippen LogP contribution in [0.15, 0.2) is 35.5 Å². The maximum atomic E-state index is 15.1. The first-order valence-electron chi connectivity index (χ1n) is 16.6. The zero-order chi connectivity index (χ0) is 34.5. The Morgan fingerprint density at radius 3 is 2.21 bits per heavy atom. The number of nitrogens with zero attached hydrogens (tertiary/aromatic N) is 3. The third kappa shape index (κ3) is 12.0. The number of hydrogen-bond donors (Lipinski definition) is 4. The van der Waals surface area contributed by atoms with Crippen molar-refractivity contribution in [2.45, 2.75) is 64.8 Å². The Bertz CT molecular complexity index is 1280. The first-order valence-corrected chi connectivity index (χ1v) is 16.6.